The van der Waals surface area contributed by atoms with E-state index in [0.717, 1.165) is 41.7 Å². The van der Waals surface area contributed by atoms with E-state index in [9.17, 15) is 0 Å². The zero-order valence-electron chi connectivity index (χ0n) is 12.5. The molecule has 0 bridgehead atoms. The number of H-pyrrole nitrogens is 1. The number of unbranched alkanes of at least 4 members (excludes halogenated alkanes) is 1. The van der Waals surface area contributed by atoms with E-state index in [-0.39, 0.29) is 6.04 Å². The molecule has 0 saturated heterocycles. The molecular formula is C16H18N6. The first-order chi connectivity index (χ1) is 10.8. The van der Waals surface area contributed by atoms with Crippen LogP contribution in [-0.2, 0) is 0 Å². The third kappa shape index (κ3) is 2.70. The molecule has 112 valence electrons. The Morgan fingerprint density at radius 2 is 2.27 bits per heavy atom. The topological polar surface area (TPSA) is 83.2 Å². The number of aromatic amines is 1. The van der Waals surface area contributed by atoms with E-state index in [1.807, 2.05) is 29.2 Å². The summed E-state index contributed by atoms with van der Waals surface area (Å²) in [6.45, 7) is 2.15. The van der Waals surface area contributed by atoms with Gasteiger partial charge in [-0.05, 0) is 18.6 Å². The normalized spacial score (nSPS) is 12.4. The summed E-state index contributed by atoms with van der Waals surface area (Å²) in [5.41, 5.74) is 2.43. The number of nitriles is 1. The number of nitrogens with one attached hydrogen (secondary N) is 1. The Kier molecular flexibility index (Phi) is 4.15. The van der Waals surface area contributed by atoms with Crippen LogP contribution >= 0.6 is 0 Å². The van der Waals surface area contributed by atoms with Crippen molar-refractivity contribution in [2.45, 2.75) is 38.6 Å². The quantitative estimate of drug-likeness (QED) is 0.754. The molecule has 1 atom stereocenters. The molecule has 6 nitrogen and oxygen atoms in total. The summed E-state index contributed by atoms with van der Waals surface area (Å²) in [7, 11) is 0. The van der Waals surface area contributed by atoms with Crippen LogP contribution in [0.3, 0.4) is 0 Å². The van der Waals surface area contributed by atoms with Crippen molar-refractivity contribution in [3.05, 3.63) is 30.9 Å². The minimum atomic E-state index is 0.127. The fourth-order valence-electron chi connectivity index (χ4n) is 2.62. The lowest BCUT2D eigenvalue weighted by Gasteiger charge is -2.13. The van der Waals surface area contributed by atoms with E-state index in [1.54, 1.807) is 0 Å². The van der Waals surface area contributed by atoms with Gasteiger partial charge in [0.2, 0.25) is 0 Å². The average molecular weight is 294 g/mol. The predicted octanol–water partition coefficient (Wildman–Crippen LogP) is 3.47. The van der Waals surface area contributed by atoms with Gasteiger partial charge in [-0.25, -0.2) is 9.97 Å². The second-order valence-corrected chi connectivity index (χ2v) is 5.30. The van der Waals surface area contributed by atoms with E-state index < -0.39 is 0 Å². The molecule has 3 aromatic rings. The molecule has 0 spiro atoms. The van der Waals surface area contributed by atoms with Crippen molar-refractivity contribution in [3.8, 4) is 17.5 Å². The van der Waals surface area contributed by atoms with E-state index >= 15 is 0 Å². The second kappa shape index (κ2) is 6.39. The molecule has 1 N–H and O–H groups in total. The van der Waals surface area contributed by atoms with Crippen LogP contribution in [0.4, 0.5) is 0 Å². The molecule has 0 aromatic carbocycles. The highest BCUT2D eigenvalue weighted by molar-refractivity contribution is 5.89. The summed E-state index contributed by atoms with van der Waals surface area (Å²) in [6.07, 6.45) is 8.98. The smallest absolute Gasteiger partial charge is 0.141 e. The molecule has 0 aliphatic carbocycles. The van der Waals surface area contributed by atoms with Crippen LogP contribution in [0.25, 0.3) is 22.4 Å². The number of rotatable bonds is 6. The third-order valence-corrected chi connectivity index (χ3v) is 3.80. The fourth-order valence-corrected chi connectivity index (χ4v) is 2.62. The maximum Gasteiger partial charge on any atom is 0.141 e. The molecule has 0 amide bonds. The van der Waals surface area contributed by atoms with Gasteiger partial charge in [0.1, 0.15) is 23.4 Å². The molecule has 1 unspecified atom stereocenters. The highest BCUT2D eigenvalue weighted by Gasteiger charge is 2.14. The number of hydrogen-bond acceptors (Lipinski definition) is 4. The molecule has 3 rings (SSSR count). The third-order valence-electron chi connectivity index (χ3n) is 3.80. The lowest BCUT2D eigenvalue weighted by Crippen LogP contribution is -2.09. The van der Waals surface area contributed by atoms with Crippen LogP contribution in [0.5, 0.6) is 0 Å². The molecule has 0 saturated carbocycles. The molecule has 0 aliphatic rings. The van der Waals surface area contributed by atoms with Gasteiger partial charge in [0.15, 0.2) is 0 Å². The highest BCUT2D eigenvalue weighted by Crippen LogP contribution is 2.25. The van der Waals surface area contributed by atoms with Crippen LogP contribution in [0, 0.1) is 11.3 Å². The largest absolute Gasteiger partial charge is 0.346 e. The van der Waals surface area contributed by atoms with E-state index in [2.05, 4.69) is 33.0 Å². The van der Waals surface area contributed by atoms with Crippen LogP contribution < -0.4 is 0 Å². The molecule has 0 fully saturated rings. The van der Waals surface area contributed by atoms with Gasteiger partial charge in [-0.2, -0.15) is 10.4 Å². The first kappa shape index (κ1) is 14.3. The second-order valence-electron chi connectivity index (χ2n) is 5.30. The van der Waals surface area contributed by atoms with E-state index in [4.69, 9.17) is 5.26 Å². The first-order valence-corrected chi connectivity index (χ1v) is 7.54. The van der Waals surface area contributed by atoms with Crippen molar-refractivity contribution in [2.75, 3.05) is 0 Å². The monoisotopic (exact) mass is 294 g/mol. The van der Waals surface area contributed by atoms with Crippen LogP contribution in [-0.4, -0.2) is 24.7 Å². The highest BCUT2D eigenvalue weighted by atomic mass is 15.3. The lowest BCUT2D eigenvalue weighted by atomic mass is 10.1. The van der Waals surface area contributed by atoms with Crippen molar-refractivity contribution in [1.29, 1.82) is 5.26 Å². The molecule has 3 heterocycles. The van der Waals surface area contributed by atoms with Crippen molar-refractivity contribution in [1.82, 2.24) is 24.7 Å². The Balaban J connectivity index is 1.92. The maximum absolute atomic E-state index is 9.02. The van der Waals surface area contributed by atoms with Gasteiger partial charge in [0.05, 0.1) is 18.5 Å². The van der Waals surface area contributed by atoms with E-state index in [1.165, 1.54) is 6.33 Å². The van der Waals surface area contributed by atoms with Gasteiger partial charge >= 0.3 is 0 Å². The Morgan fingerprint density at radius 1 is 1.36 bits per heavy atom. The zero-order valence-corrected chi connectivity index (χ0v) is 12.5. The van der Waals surface area contributed by atoms with Crippen LogP contribution in [0.15, 0.2) is 30.9 Å². The van der Waals surface area contributed by atoms with Crippen molar-refractivity contribution in [2.24, 2.45) is 0 Å². The predicted molar refractivity (Wildman–Crippen MR) is 83.9 cm³/mol. The number of aromatic nitrogens is 5. The van der Waals surface area contributed by atoms with Crippen LogP contribution in [0.2, 0.25) is 0 Å². The van der Waals surface area contributed by atoms with Crippen molar-refractivity contribution in [3.63, 3.8) is 0 Å². The Labute approximate surface area is 128 Å². The zero-order chi connectivity index (χ0) is 15.4. The molecular weight excluding hydrogens is 276 g/mol. The number of fused-ring (bicyclic) bond motifs is 1. The molecule has 3 aromatic heterocycles. The molecule has 6 heteroatoms. The van der Waals surface area contributed by atoms with E-state index in [0.29, 0.717) is 6.42 Å². The average Bonchev–Trinajstić information content (AvgIpc) is 3.19. The minimum absolute atomic E-state index is 0.127. The SMILES string of the molecule is CCCCC(CC#N)n1ccc(-c2ncnc3[nH]ccc23)n1. The van der Waals surface area contributed by atoms with Crippen molar-refractivity contribution >= 4 is 11.0 Å². The number of nitrogens with zero attached hydrogens (tertiary/aromatic N) is 5. The summed E-state index contributed by atoms with van der Waals surface area (Å²) in [6, 6.07) is 6.29. The number of hydrogen-bond donors (Lipinski definition) is 1. The first-order valence-electron chi connectivity index (χ1n) is 7.54. The van der Waals surface area contributed by atoms with Crippen molar-refractivity contribution < 1.29 is 0 Å². The van der Waals surface area contributed by atoms with Gasteiger partial charge in [-0.15, -0.1) is 0 Å². The van der Waals surface area contributed by atoms with Gasteiger partial charge in [0, 0.05) is 17.8 Å². The Bertz CT molecular complexity index is 794. The molecule has 0 radical (unpaired) electrons. The summed E-state index contributed by atoms with van der Waals surface area (Å²) in [5, 5.41) is 14.6. The Morgan fingerprint density at radius 3 is 3.09 bits per heavy atom. The summed E-state index contributed by atoms with van der Waals surface area (Å²) in [4.78, 5) is 11.6. The van der Waals surface area contributed by atoms with Gasteiger partial charge in [-0.1, -0.05) is 19.8 Å². The molecule has 0 aliphatic heterocycles. The van der Waals surface area contributed by atoms with Crippen LogP contribution in [0.1, 0.15) is 38.6 Å². The summed E-state index contributed by atoms with van der Waals surface area (Å²) >= 11 is 0. The molecule has 22 heavy (non-hydrogen) atoms. The minimum Gasteiger partial charge on any atom is -0.346 e. The standard InChI is InChI=1S/C16H18N6/c1-2-3-4-12(5-8-17)22-10-7-14(21-22)15-13-6-9-18-16(13)20-11-19-15/h6-7,9-12H,2-5H2,1H3,(H,18,19,20). The maximum atomic E-state index is 9.02. The summed E-state index contributed by atoms with van der Waals surface area (Å²) < 4.78 is 1.90. The van der Waals surface area contributed by atoms with Gasteiger partial charge in [0.25, 0.3) is 0 Å². The Hall–Kier alpha value is -2.68. The van der Waals surface area contributed by atoms with Gasteiger partial charge < -0.3 is 4.98 Å². The fraction of sp³-hybridized carbons (Fsp3) is 0.375. The summed E-state index contributed by atoms with van der Waals surface area (Å²) in [5.74, 6) is 0. The lowest BCUT2D eigenvalue weighted by molar-refractivity contribution is 0.419. The van der Waals surface area contributed by atoms with Gasteiger partial charge in [-0.3, -0.25) is 4.68 Å².